The fourth-order valence-corrected chi connectivity index (χ4v) is 3.28. The van der Waals surface area contributed by atoms with Crippen LogP contribution in [0.15, 0.2) is 48.7 Å². The molecule has 0 saturated carbocycles. The molecule has 3 heterocycles. The molecule has 4 rings (SSSR count). The summed E-state index contributed by atoms with van der Waals surface area (Å²) in [5, 5.41) is 12.3. The predicted molar refractivity (Wildman–Crippen MR) is 102 cm³/mol. The minimum Gasteiger partial charge on any atom is -0.480 e. The first-order chi connectivity index (χ1) is 13.7. The van der Waals surface area contributed by atoms with E-state index < -0.39 is 0 Å². The van der Waals surface area contributed by atoms with Crippen molar-refractivity contribution in [1.82, 2.24) is 24.9 Å². The molecule has 1 fully saturated rings. The number of aromatic nitrogens is 4. The van der Waals surface area contributed by atoms with Crippen LogP contribution in [-0.4, -0.2) is 57.1 Å². The number of carbonyl (C=O) groups is 1. The molecule has 0 spiro atoms. The Morgan fingerprint density at radius 1 is 1.11 bits per heavy atom. The van der Waals surface area contributed by atoms with Gasteiger partial charge in [-0.3, -0.25) is 4.79 Å². The predicted octanol–water partition coefficient (Wildman–Crippen LogP) is 2.27. The first-order valence-corrected chi connectivity index (χ1v) is 9.09. The maximum absolute atomic E-state index is 13.0. The van der Waals surface area contributed by atoms with Crippen molar-refractivity contribution in [1.29, 1.82) is 0 Å². The van der Waals surface area contributed by atoms with Crippen molar-refractivity contribution in [2.45, 2.75) is 19.4 Å². The summed E-state index contributed by atoms with van der Waals surface area (Å²) in [4.78, 5) is 14.8. The molecule has 1 aliphatic heterocycles. The second kappa shape index (κ2) is 7.67. The lowest BCUT2D eigenvalue weighted by atomic mass is 10.2. The summed E-state index contributed by atoms with van der Waals surface area (Å²) in [7, 11) is 1.53. The van der Waals surface area contributed by atoms with Crippen LogP contribution in [0, 0.1) is 6.92 Å². The van der Waals surface area contributed by atoms with Crippen LogP contribution in [0.25, 0.3) is 5.69 Å². The van der Waals surface area contributed by atoms with E-state index in [1.807, 2.05) is 37.3 Å². The van der Waals surface area contributed by atoms with Crippen LogP contribution >= 0.6 is 0 Å². The maximum Gasteiger partial charge on any atom is 0.257 e. The third kappa shape index (κ3) is 3.53. The number of rotatable bonds is 5. The molecule has 1 atom stereocenters. The van der Waals surface area contributed by atoms with E-state index in [9.17, 15) is 4.79 Å². The molecule has 1 aromatic carbocycles. The quantitative estimate of drug-likeness (QED) is 0.676. The zero-order valence-corrected chi connectivity index (χ0v) is 15.8. The van der Waals surface area contributed by atoms with E-state index in [0.29, 0.717) is 30.4 Å². The van der Waals surface area contributed by atoms with Crippen molar-refractivity contribution in [3.8, 4) is 17.4 Å². The number of nitrogens with zero attached hydrogens (tertiary/aromatic N) is 5. The van der Waals surface area contributed by atoms with Crippen molar-refractivity contribution in [3.63, 3.8) is 0 Å². The molecule has 1 amide bonds. The molecule has 1 aliphatic rings. The summed E-state index contributed by atoms with van der Waals surface area (Å²) < 4.78 is 12.6. The van der Waals surface area contributed by atoms with E-state index in [1.165, 1.54) is 7.11 Å². The van der Waals surface area contributed by atoms with Crippen molar-refractivity contribution in [2.75, 3.05) is 20.2 Å². The highest BCUT2D eigenvalue weighted by Gasteiger charge is 2.30. The number of hydrogen-bond donors (Lipinski definition) is 0. The molecule has 0 aliphatic carbocycles. The molecule has 8 heteroatoms. The Kier molecular flexibility index (Phi) is 4.92. The van der Waals surface area contributed by atoms with Crippen LogP contribution in [0.5, 0.6) is 11.8 Å². The van der Waals surface area contributed by atoms with Crippen LogP contribution in [0.1, 0.15) is 22.5 Å². The van der Waals surface area contributed by atoms with Gasteiger partial charge in [0, 0.05) is 25.1 Å². The molecular weight excluding hydrogens is 358 g/mol. The number of carbonyl (C=O) groups excluding carboxylic acids is 1. The maximum atomic E-state index is 13.0. The highest BCUT2D eigenvalue weighted by Crippen LogP contribution is 2.21. The van der Waals surface area contributed by atoms with Crippen molar-refractivity contribution in [3.05, 3.63) is 59.9 Å². The lowest BCUT2D eigenvalue weighted by molar-refractivity contribution is 0.0770. The molecule has 0 radical (unpaired) electrons. The van der Waals surface area contributed by atoms with E-state index in [2.05, 4.69) is 15.3 Å². The number of ether oxygens (including phenoxy) is 2. The van der Waals surface area contributed by atoms with Crippen LogP contribution in [-0.2, 0) is 0 Å². The normalized spacial score (nSPS) is 16.2. The van der Waals surface area contributed by atoms with Crippen LogP contribution in [0.2, 0.25) is 0 Å². The lowest BCUT2D eigenvalue weighted by Gasteiger charge is -2.16. The molecule has 2 aromatic heterocycles. The summed E-state index contributed by atoms with van der Waals surface area (Å²) >= 11 is 0. The number of para-hydroxylation sites is 1. The number of benzene rings is 1. The smallest absolute Gasteiger partial charge is 0.257 e. The molecule has 1 unspecified atom stereocenters. The van der Waals surface area contributed by atoms with Gasteiger partial charge in [-0.2, -0.15) is 5.10 Å². The van der Waals surface area contributed by atoms with Gasteiger partial charge in [-0.05, 0) is 19.1 Å². The molecule has 8 nitrogen and oxygen atoms in total. The third-order valence-corrected chi connectivity index (χ3v) is 4.79. The van der Waals surface area contributed by atoms with Crippen LogP contribution < -0.4 is 9.47 Å². The fraction of sp³-hybridized carbons (Fsp3) is 0.300. The molecule has 3 aromatic rings. The minimum atomic E-state index is -0.115. The van der Waals surface area contributed by atoms with Gasteiger partial charge >= 0.3 is 0 Å². The molecular formula is C20H21N5O3. The van der Waals surface area contributed by atoms with E-state index in [4.69, 9.17) is 9.47 Å². The van der Waals surface area contributed by atoms with Gasteiger partial charge in [0.25, 0.3) is 5.91 Å². The van der Waals surface area contributed by atoms with E-state index >= 15 is 0 Å². The van der Waals surface area contributed by atoms with Crippen LogP contribution in [0.4, 0.5) is 0 Å². The fourth-order valence-electron chi connectivity index (χ4n) is 3.28. The first kappa shape index (κ1) is 18.0. The summed E-state index contributed by atoms with van der Waals surface area (Å²) in [5.41, 5.74) is 2.36. The Labute approximate surface area is 162 Å². The van der Waals surface area contributed by atoms with E-state index in [0.717, 1.165) is 17.8 Å². The average molecular weight is 379 g/mol. The monoisotopic (exact) mass is 379 g/mol. The average Bonchev–Trinajstić information content (AvgIpc) is 3.35. The van der Waals surface area contributed by atoms with Gasteiger partial charge in [-0.1, -0.05) is 18.2 Å². The molecule has 1 saturated heterocycles. The summed E-state index contributed by atoms with van der Waals surface area (Å²) in [6.45, 7) is 3.04. The van der Waals surface area contributed by atoms with Gasteiger partial charge in [0.05, 0.1) is 36.8 Å². The zero-order chi connectivity index (χ0) is 19.5. The van der Waals surface area contributed by atoms with Crippen molar-refractivity contribution >= 4 is 5.91 Å². The number of hydrogen-bond acceptors (Lipinski definition) is 6. The van der Waals surface area contributed by atoms with Gasteiger partial charge < -0.3 is 14.4 Å². The number of amides is 1. The number of methoxy groups -OCH3 is 1. The van der Waals surface area contributed by atoms with Crippen molar-refractivity contribution < 1.29 is 14.3 Å². The Balaban J connectivity index is 1.43. The summed E-state index contributed by atoms with van der Waals surface area (Å²) in [5.74, 6) is 0.821. The van der Waals surface area contributed by atoms with Crippen molar-refractivity contribution in [2.24, 2.45) is 0 Å². The molecule has 0 bridgehead atoms. The largest absolute Gasteiger partial charge is 0.480 e. The SMILES string of the molecule is COc1ccc(OC2CCN(C(=O)c3cnn(-c4ccccc4)c3C)C2)nn1. The van der Waals surface area contributed by atoms with Gasteiger partial charge in [0.2, 0.25) is 11.8 Å². The standard InChI is InChI=1S/C20H21N5O3/c1-14-17(12-21-25(14)15-6-4-3-5-7-15)20(26)24-11-10-16(13-24)28-19-9-8-18(27-2)22-23-19/h3-9,12,16H,10-11,13H2,1-2H3. The zero-order valence-electron chi connectivity index (χ0n) is 15.8. The highest BCUT2D eigenvalue weighted by molar-refractivity contribution is 5.95. The van der Waals surface area contributed by atoms with Crippen LogP contribution in [0.3, 0.4) is 0 Å². The Morgan fingerprint density at radius 3 is 2.57 bits per heavy atom. The molecule has 28 heavy (non-hydrogen) atoms. The summed E-state index contributed by atoms with van der Waals surface area (Å²) in [6, 6.07) is 13.2. The Hall–Kier alpha value is -3.42. The van der Waals surface area contributed by atoms with E-state index in [1.54, 1.807) is 27.9 Å². The Morgan fingerprint density at radius 2 is 1.86 bits per heavy atom. The van der Waals surface area contributed by atoms with E-state index in [-0.39, 0.29) is 12.0 Å². The highest BCUT2D eigenvalue weighted by atomic mass is 16.5. The Bertz CT molecular complexity index is 956. The topological polar surface area (TPSA) is 82.4 Å². The first-order valence-electron chi connectivity index (χ1n) is 9.09. The van der Waals surface area contributed by atoms with Gasteiger partial charge in [-0.25, -0.2) is 4.68 Å². The number of likely N-dealkylation sites (tertiary alicyclic amines) is 1. The van der Waals surface area contributed by atoms with Gasteiger partial charge in [0.1, 0.15) is 6.10 Å². The minimum absolute atomic E-state index is 0.0356. The lowest BCUT2D eigenvalue weighted by Crippen LogP contribution is -2.31. The molecule has 0 N–H and O–H groups in total. The third-order valence-electron chi connectivity index (χ3n) is 4.79. The molecule has 144 valence electrons. The summed E-state index contributed by atoms with van der Waals surface area (Å²) in [6.07, 6.45) is 2.26. The second-order valence-electron chi connectivity index (χ2n) is 6.58. The second-order valence-corrected chi connectivity index (χ2v) is 6.58. The van der Waals surface area contributed by atoms with Gasteiger partial charge in [-0.15, -0.1) is 10.2 Å². The van der Waals surface area contributed by atoms with Gasteiger partial charge in [0.15, 0.2) is 0 Å².